The third-order valence-corrected chi connectivity index (χ3v) is 6.99. The monoisotopic (exact) mass is 444 g/mol. The summed E-state index contributed by atoms with van der Waals surface area (Å²) in [7, 11) is 2.92. The summed E-state index contributed by atoms with van der Waals surface area (Å²) >= 11 is 0. The highest BCUT2D eigenvalue weighted by Crippen LogP contribution is 2.55. The van der Waals surface area contributed by atoms with Crippen LogP contribution < -0.4 is 5.73 Å². The number of aromatic hydroxyl groups is 1. The minimum atomic E-state index is -2.89. The molecular formula is C22H24N2O8. The molecule has 1 fully saturated rings. The minimum Gasteiger partial charge on any atom is -0.508 e. The summed E-state index contributed by atoms with van der Waals surface area (Å²) in [4.78, 5) is 40.0. The molecule has 10 heteroatoms. The molecule has 0 bridgehead atoms. The summed E-state index contributed by atoms with van der Waals surface area (Å²) in [5.74, 6) is -8.87. The van der Waals surface area contributed by atoms with Crippen molar-refractivity contribution in [2.24, 2.45) is 17.6 Å². The number of nitrogens with zero attached hydrogens (tertiary/aromatic N) is 1. The first-order chi connectivity index (χ1) is 14.9. The van der Waals surface area contributed by atoms with Crippen molar-refractivity contribution >= 4 is 23.2 Å². The molecule has 170 valence electrons. The van der Waals surface area contributed by atoms with E-state index in [1.807, 2.05) is 0 Å². The van der Waals surface area contributed by atoms with Crippen LogP contribution in [0, 0.1) is 11.8 Å². The van der Waals surface area contributed by atoms with Gasteiger partial charge in [0.1, 0.15) is 22.8 Å². The number of benzene rings is 1. The average Bonchev–Trinajstić information content (AvgIpc) is 2.70. The Morgan fingerprint density at radius 3 is 2.34 bits per heavy atom. The van der Waals surface area contributed by atoms with Crippen molar-refractivity contribution in [1.29, 1.82) is 0 Å². The number of Topliss-reactive ketones (excluding diaryl/α,β-unsaturated/α-hetero) is 2. The molecule has 0 unspecified atom stereocenters. The molecule has 0 saturated heterocycles. The number of hydrogen-bond acceptors (Lipinski definition) is 9. The maximum atomic E-state index is 13.7. The maximum Gasteiger partial charge on any atom is 0.255 e. The largest absolute Gasteiger partial charge is 0.508 e. The number of phenols is 1. The molecule has 32 heavy (non-hydrogen) atoms. The van der Waals surface area contributed by atoms with Crippen LogP contribution >= 0.6 is 0 Å². The fourth-order valence-corrected chi connectivity index (χ4v) is 5.58. The average molecular weight is 444 g/mol. The van der Waals surface area contributed by atoms with E-state index in [0.29, 0.717) is 5.56 Å². The fraction of sp³-hybridized carbons (Fsp3) is 0.409. The molecule has 4 rings (SSSR count). The molecule has 0 aromatic heterocycles. The summed E-state index contributed by atoms with van der Waals surface area (Å²) in [5.41, 5.74) is 1.47. The minimum absolute atomic E-state index is 0.0245. The third-order valence-electron chi connectivity index (χ3n) is 6.99. The summed E-state index contributed by atoms with van der Waals surface area (Å²) < 4.78 is 0. The lowest BCUT2D eigenvalue weighted by molar-refractivity contribution is -0.169. The maximum absolute atomic E-state index is 13.7. The number of phenolic OH excluding ortho intramolecular Hbond substituents is 1. The van der Waals surface area contributed by atoms with E-state index in [9.17, 15) is 39.9 Å². The van der Waals surface area contributed by atoms with Gasteiger partial charge in [-0.3, -0.25) is 19.3 Å². The van der Waals surface area contributed by atoms with Gasteiger partial charge in [0.15, 0.2) is 11.4 Å². The van der Waals surface area contributed by atoms with Crippen LogP contribution in [0.25, 0.3) is 5.76 Å². The molecule has 3 aliphatic rings. The van der Waals surface area contributed by atoms with Gasteiger partial charge < -0.3 is 31.3 Å². The molecule has 6 atom stereocenters. The van der Waals surface area contributed by atoms with Crippen LogP contribution in [-0.4, -0.2) is 79.7 Å². The molecule has 10 nitrogen and oxygen atoms in total. The number of nitrogens with two attached hydrogens (primary N) is 1. The van der Waals surface area contributed by atoms with E-state index in [4.69, 9.17) is 5.73 Å². The van der Waals surface area contributed by atoms with Crippen molar-refractivity contribution in [3.05, 3.63) is 46.2 Å². The number of primary amides is 1. The highest BCUT2D eigenvalue weighted by molar-refractivity contribution is 6.24. The van der Waals surface area contributed by atoms with Crippen molar-refractivity contribution in [3.8, 4) is 5.75 Å². The Kier molecular flexibility index (Phi) is 4.74. The number of carbonyl (C=O) groups is 3. The molecule has 0 aliphatic heterocycles. The van der Waals surface area contributed by atoms with Gasteiger partial charge in [-0.25, -0.2) is 0 Å². The van der Waals surface area contributed by atoms with Crippen molar-refractivity contribution in [3.63, 3.8) is 0 Å². The number of rotatable bonds is 2. The predicted octanol–water partition coefficient (Wildman–Crippen LogP) is -0.504. The second kappa shape index (κ2) is 6.89. The lowest BCUT2D eigenvalue weighted by Crippen LogP contribution is -2.70. The number of ketones is 2. The Balaban J connectivity index is 2.07. The van der Waals surface area contributed by atoms with Crippen molar-refractivity contribution in [2.75, 3.05) is 14.1 Å². The van der Waals surface area contributed by atoms with Crippen LogP contribution in [0.1, 0.15) is 24.0 Å². The van der Waals surface area contributed by atoms with Crippen molar-refractivity contribution < 1.29 is 39.9 Å². The standard InChI is InChI=1S/C22H24N2O8/c1-7-8-5-4-6-9(25)11(8)16(26)12-10(7)17(27)14-15(24(2)3)18(28)13(21(23)31)20(30)22(14,32)19(12)29/h4-7,10,14-15,17,25-27,30,32H,1-3H3,(H2,23,31)/t7-,10-,14+,15+,17+,22+/m1/s1. The fourth-order valence-electron chi connectivity index (χ4n) is 5.58. The Bertz CT molecular complexity index is 1140. The van der Waals surface area contributed by atoms with Crippen molar-refractivity contribution in [2.45, 2.75) is 30.6 Å². The van der Waals surface area contributed by atoms with Crippen LogP contribution in [0.2, 0.25) is 0 Å². The number of amides is 1. The molecule has 1 saturated carbocycles. The molecule has 0 radical (unpaired) electrons. The molecule has 1 aromatic rings. The first-order valence-corrected chi connectivity index (χ1v) is 10.0. The molecule has 0 heterocycles. The van der Waals surface area contributed by atoms with Gasteiger partial charge in [0, 0.05) is 11.5 Å². The first kappa shape index (κ1) is 22.0. The predicted molar refractivity (Wildman–Crippen MR) is 110 cm³/mol. The van der Waals surface area contributed by atoms with Gasteiger partial charge in [-0.05, 0) is 31.6 Å². The van der Waals surface area contributed by atoms with Crippen LogP contribution in [0.5, 0.6) is 5.75 Å². The highest BCUT2D eigenvalue weighted by atomic mass is 16.4. The topological polar surface area (TPSA) is 182 Å². The second-order valence-corrected chi connectivity index (χ2v) is 8.79. The van der Waals surface area contributed by atoms with Gasteiger partial charge in [-0.2, -0.15) is 0 Å². The van der Waals surface area contributed by atoms with Gasteiger partial charge in [0.05, 0.1) is 23.6 Å². The number of aliphatic hydroxyl groups excluding tert-OH is 3. The SMILES string of the molecule is C[C@@H]1c2cccc(O)c2C(O)=C2C(=O)[C@]3(O)C(O)=C(C(N)=O)C(=O)[C@@H](N(C)C)[C@H]3[C@@H](O)[C@@H]21. The summed E-state index contributed by atoms with van der Waals surface area (Å²) in [6, 6.07) is 3.13. The van der Waals surface area contributed by atoms with E-state index >= 15 is 0 Å². The van der Waals surface area contributed by atoms with Gasteiger partial charge in [-0.1, -0.05) is 19.1 Å². The van der Waals surface area contributed by atoms with Gasteiger partial charge in [0.2, 0.25) is 5.78 Å². The van der Waals surface area contributed by atoms with Crippen LogP contribution in [-0.2, 0) is 14.4 Å². The molecule has 1 aromatic carbocycles. The number of carbonyl (C=O) groups excluding carboxylic acids is 3. The summed E-state index contributed by atoms with van der Waals surface area (Å²) in [6.07, 6.45) is -1.59. The molecule has 3 aliphatic carbocycles. The zero-order valence-electron chi connectivity index (χ0n) is 17.6. The van der Waals surface area contributed by atoms with E-state index < -0.39 is 75.6 Å². The quantitative estimate of drug-likeness (QED) is 0.327. The molecule has 1 amide bonds. The molecule has 7 N–H and O–H groups in total. The second-order valence-electron chi connectivity index (χ2n) is 8.79. The van der Waals surface area contributed by atoms with E-state index in [1.165, 1.54) is 25.1 Å². The number of fused-ring (bicyclic) bond motifs is 3. The highest BCUT2D eigenvalue weighted by Gasteiger charge is 2.68. The normalized spacial score (nSPS) is 34.4. The van der Waals surface area contributed by atoms with Gasteiger partial charge in [-0.15, -0.1) is 0 Å². The Morgan fingerprint density at radius 2 is 1.78 bits per heavy atom. The van der Waals surface area contributed by atoms with Crippen molar-refractivity contribution in [1.82, 2.24) is 4.90 Å². The van der Waals surface area contributed by atoms with Crippen LogP contribution in [0.15, 0.2) is 35.1 Å². The zero-order valence-corrected chi connectivity index (χ0v) is 17.6. The third kappa shape index (κ3) is 2.48. The molecular weight excluding hydrogens is 420 g/mol. The summed E-state index contributed by atoms with van der Waals surface area (Å²) in [6.45, 7) is 1.68. The van der Waals surface area contributed by atoms with E-state index in [0.717, 1.165) is 0 Å². The van der Waals surface area contributed by atoms with E-state index in [1.54, 1.807) is 19.1 Å². The van der Waals surface area contributed by atoms with E-state index in [-0.39, 0.29) is 11.3 Å². The lowest BCUT2D eigenvalue weighted by Gasteiger charge is -2.53. The smallest absolute Gasteiger partial charge is 0.255 e. The van der Waals surface area contributed by atoms with E-state index in [2.05, 4.69) is 0 Å². The summed E-state index contributed by atoms with van der Waals surface area (Å²) in [5, 5.41) is 54.9. The lowest BCUT2D eigenvalue weighted by atomic mass is 9.54. The Labute approximate surface area is 182 Å². The van der Waals surface area contributed by atoms with Gasteiger partial charge in [0.25, 0.3) is 5.91 Å². The van der Waals surface area contributed by atoms with Crippen LogP contribution in [0.3, 0.4) is 0 Å². The number of aliphatic hydroxyl groups is 4. The van der Waals surface area contributed by atoms with Crippen LogP contribution in [0.4, 0.5) is 0 Å². The first-order valence-electron chi connectivity index (χ1n) is 10.0. The number of likely N-dealkylation sites (N-methyl/N-ethyl adjacent to an activating group) is 1. The Morgan fingerprint density at radius 1 is 1.16 bits per heavy atom. The number of hydrogen-bond donors (Lipinski definition) is 6. The Hall–Kier alpha value is -3.21. The van der Waals surface area contributed by atoms with Gasteiger partial charge >= 0.3 is 0 Å². The zero-order chi connectivity index (χ0) is 23.9. The molecule has 0 spiro atoms.